The Labute approximate surface area is 171 Å². The monoisotopic (exact) mass is 455 g/mol. The lowest BCUT2D eigenvalue weighted by Crippen LogP contribution is -2.37. The minimum atomic E-state index is -3.86. The molecule has 3 aromatic rings. The molecule has 0 aliphatic rings. The van der Waals surface area contributed by atoms with Gasteiger partial charge in [-0.2, -0.15) is 0 Å². The summed E-state index contributed by atoms with van der Waals surface area (Å²) in [5.74, 6) is -1.36. The number of fused-ring (bicyclic) bond motifs is 1. The molecule has 2 heterocycles. The number of sulfonamides is 1. The van der Waals surface area contributed by atoms with Gasteiger partial charge in [-0.1, -0.05) is 6.07 Å². The molecule has 10 nitrogen and oxygen atoms in total. The Morgan fingerprint density at radius 2 is 1.86 bits per heavy atom. The molecule has 0 saturated carbocycles. The molecule has 0 aliphatic carbocycles. The van der Waals surface area contributed by atoms with E-state index in [1.165, 1.54) is 6.33 Å². The summed E-state index contributed by atoms with van der Waals surface area (Å²) >= 11 is 1.08. The van der Waals surface area contributed by atoms with E-state index in [2.05, 4.69) is 20.3 Å². The van der Waals surface area contributed by atoms with Crippen molar-refractivity contribution in [1.29, 1.82) is 0 Å². The van der Waals surface area contributed by atoms with Crippen LogP contribution in [0.2, 0.25) is 0 Å². The van der Waals surface area contributed by atoms with Crippen LogP contribution in [0.15, 0.2) is 36.9 Å². The Morgan fingerprint density at radius 1 is 1.17 bits per heavy atom. The molecule has 0 saturated heterocycles. The van der Waals surface area contributed by atoms with Crippen molar-refractivity contribution in [1.82, 2.24) is 20.3 Å². The fourth-order valence-electron chi connectivity index (χ4n) is 2.58. The van der Waals surface area contributed by atoms with Crippen molar-refractivity contribution in [2.75, 3.05) is 18.6 Å². The third-order valence-corrected chi connectivity index (χ3v) is 7.19. The Hall–Kier alpha value is -2.48. The first kappa shape index (κ1) is 21.2. The van der Waals surface area contributed by atoms with Gasteiger partial charge in [-0.15, -0.1) is 11.3 Å². The van der Waals surface area contributed by atoms with Gasteiger partial charge < -0.3 is 5.32 Å². The number of primary sulfonamides is 1. The maximum Gasteiger partial charge on any atom is 0.245 e. The maximum atomic E-state index is 12.5. The number of benzene rings is 1. The number of thiazole rings is 1. The van der Waals surface area contributed by atoms with Gasteiger partial charge >= 0.3 is 0 Å². The highest BCUT2D eigenvalue weighted by Gasteiger charge is 2.33. The Balaban J connectivity index is 1.93. The van der Waals surface area contributed by atoms with E-state index >= 15 is 0 Å². The fourth-order valence-corrected chi connectivity index (χ4v) is 5.46. The van der Waals surface area contributed by atoms with Gasteiger partial charge in [-0.25, -0.2) is 36.9 Å². The van der Waals surface area contributed by atoms with Gasteiger partial charge in [-0.05, 0) is 17.7 Å². The molecule has 1 aromatic carbocycles. The Kier molecular flexibility index (Phi) is 5.93. The topological polar surface area (TPSA) is 162 Å². The molecule has 29 heavy (non-hydrogen) atoms. The second-order valence-corrected chi connectivity index (χ2v) is 11.2. The minimum Gasteiger partial charge on any atom is -0.354 e. The molecular weight excluding hydrogens is 438 g/mol. The van der Waals surface area contributed by atoms with E-state index in [9.17, 15) is 21.6 Å². The van der Waals surface area contributed by atoms with E-state index in [-0.39, 0.29) is 11.6 Å². The van der Waals surface area contributed by atoms with Crippen LogP contribution in [0.5, 0.6) is 0 Å². The molecule has 154 valence electrons. The summed E-state index contributed by atoms with van der Waals surface area (Å²) in [6, 6.07) is 5.36. The molecule has 0 aliphatic heterocycles. The number of carbonyl (C=O) groups excluding carboxylic acids is 1. The molecule has 3 N–H and O–H groups in total. The van der Waals surface area contributed by atoms with Gasteiger partial charge in [0.05, 0.1) is 16.0 Å². The van der Waals surface area contributed by atoms with E-state index in [0.29, 0.717) is 10.2 Å². The van der Waals surface area contributed by atoms with Crippen molar-refractivity contribution in [3.8, 4) is 11.1 Å². The summed E-state index contributed by atoms with van der Waals surface area (Å²) in [5, 5.41) is 5.73. The molecule has 2 aromatic heterocycles. The zero-order chi connectivity index (χ0) is 21.2. The molecule has 3 rings (SSSR count). The number of aromatic nitrogens is 3. The second kappa shape index (κ2) is 8.10. The quantitative estimate of drug-likeness (QED) is 0.512. The van der Waals surface area contributed by atoms with E-state index in [0.717, 1.165) is 28.7 Å². The number of hydrogen-bond donors (Lipinski definition) is 2. The number of rotatable bonds is 7. The van der Waals surface area contributed by atoms with Gasteiger partial charge in [0.25, 0.3) is 0 Å². The number of carbonyl (C=O) groups is 1. The highest BCUT2D eigenvalue weighted by Crippen LogP contribution is 2.33. The van der Waals surface area contributed by atoms with Crippen LogP contribution in [0.1, 0.15) is 10.3 Å². The highest BCUT2D eigenvalue weighted by atomic mass is 32.2. The first-order valence-electron chi connectivity index (χ1n) is 8.17. The van der Waals surface area contributed by atoms with Crippen LogP contribution in [0.25, 0.3) is 21.3 Å². The molecule has 0 bridgehead atoms. The average Bonchev–Trinajstić information content (AvgIpc) is 3.02. The first-order chi connectivity index (χ1) is 13.5. The third-order valence-electron chi connectivity index (χ3n) is 3.87. The first-order valence-corrected chi connectivity index (χ1v) is 12.7. The van der Waals surface area contributed by atoms with E-state index in [4.69, 9.17) is 5.14 Å². The SMILES string of the molecule is CS(=O)(=O)C(C(=O)NCCS(N)(=O)=O)c1nc2cc(-c3cncnc3)ccc2s1. The van der Waals surface area contributed by atoms with Crippen LogP contribution in [-0.4, -0.2) is 56.2 Å². The second-order valence-electron chi connectivity index (χ2n) is 6.23. The molecule has 1 atom stereocenters. The largest absolute Gasteiger partial charge is 0.354 e. The van der Waals surface area contributed by atoms with Gasteiger partial charge in [0, 0.05) is 30.8 Å². The van der Waals surface area contributed by atoms with Crippen molar-refractivity contribution in [3.63, 3.8) is 0 Å². The lowest BCUT2D eigenvalue weighted by molar-refractivity contribution is -0.120. The number of sulfone groups is 1. The van der Waals surface area contributed by atoms with E-state index in [1.807, 2.05) is 6.07 Å². The number of hydrogen-bond acceptors (Lipinski definition) is 9. The molecule has 0 radical (unpaired) electrons. The van der Waals surface area contributed by atoms with E-state index in [1.54, 1.807) is 24.5 Å². The summed E-state index contributed by atoms with van der Waals surface area (Å²) in [6.45, 7) is -0.299. The summed E-state index contributed by atoms with van der Waals surface area (Å²) in [5.41, 5.74) is 2.09. The number of amides is 1. The van der Waals surface area contributed by atoms with Crippen LogP contribution in [0.4, 0.5) is 0 Å². The van der Waals surface area contributed by atoms with Crippen LogP contribution >= 0.6 is 11.3 Å². The Morgan fingerprint density at radius 3 is 2.48 bits per heavy atom. The molecule has 0 fully saturated rings. The molecule has 1 amide bonds. The van der Waals surface area contributed by atoms with Crippen molar-refractivity contribution in [2.24, 2.45) is 5.14 Å². The maximum absolute atomic E-state index is 12.5. The van der Waals surface area contributed by atoms with E-state index < -0.39 is 36.8 Å². The standard InChI is InChI=1S/C16H17N5O5S3/c1-28(23,24)14(15(22)20-4-5-29(17,25)26)16-21-12-6-10(2-3-13(12)27-16)11-7-18-9-19-8-11/h2-3,6-9,14H,4-5H2,1H3,(H,20,22)(H2,17,25,26). The fraction of sp³-hybridized carbons (Fsp3) is 0.250. The summed E-state index contributed by atoms with van der Waals surface area (Å²) in [7, 11) is -7.64. The van der Waals surface area contributed by atoms with Crippen molar-refractivity contribution in [2.45, 2.75) is 5.25 Å². The minimum absolute atomic E-state index is 0.0945. The summed E-state index contributed by atoms with van der Waals surface area (Å²) in [4.78, 5) is 24.7. The normalized spacial score (nSPS) is 13.3. The predicted octanol–water partition coefficient (Wildman–Crippen LogP) is 0.244. The van der Waals surface area contributed by atoms with Gasteiger partial charge in [0.1, 0.15) is 11.3 Å². The average molecular weight is 456 g/mol. The zero-order valence-corrected chi connectivity index (χ0v) is 17.6. The van der Waals surface area contributed by atoms with Crippen molar-refractivity contribution in [3.05, 3.63) is 41.9 Å². The van der Waals surface area contributed by atoms with Gasteiger partial charge in [0.15, 0.2) is 15.1 Å². The molecule has 0 spiro atoms. The molecular formula is C16H17N5O5S3. The lowest BCUT2D eigenvalue weighted by atomic mass is 10.1. The van der Waals surface area contributed by atoms with Crippen LogP contribution < -0.4 is 10.5 Å². The van der Waals surface area contributed by atoms with Crippen molar-refractivity contribution >= 4 is 47.3 Å². The van der Waals surface area contributed by atoms with Crippen LogP contribution in [-0.2, 0) is 24.7 Å². The summed E-state index contributed by atoms with van der Waals surface area (Å²) < 4.78 is 47.2. The number of nitrogens with one attached hydrogen (secondary N) is 1. The summed E-state index contributed by atoms with van der Waals surface area (Å²) in [6.07, 6.45) is 5.61. The highest BCUT2D eigenvalue weighted by molar-refractivity contribution is 7.91. The third kappa shape index (κ3) is 5.32. The number of nitrogens with zero attached hydrogens (tertiary/aromatic N) is 3. The number of nitrogens with two attached hydrogens (primary N) is 1. The molecule has 1 unspecified atom stereocenters. The van der Waals surface area contributed by atoms with Gasteiger partial charge in [0.2, 0.25) is 15.9 Å². The smallest absolute Gasteiger partial charge is 0.245 e. The van der Waals surface area contributed by atoms with Crippen LogP contribution in [0, 0.1) is 0 Å². The lowest BCUT2D eigenvalue weighted by Gasteiger charge is -2.12. The van der Waals surface area contributed by atoms with Gasteiger partial charge in [-0.3, -0.25) is 4.79 Å². The van der Waals surface area contributed by atoms with Crippen molar-refractivity contribution < 1.29 is 21.6 Å². The Bertz CT molecular complexity index is 1260. The molecule has 13 heteroatoms. The zero-order valence-electron chi connectivity index (χ0n) is 15.1. The predicted molar refractivity (Wildman–Crippen MR) is 109 cm³/mol. The van der Waals surface area contributed by atoms with Crippen LogP contribution in [0.3, 0.4) is 0 Å².